The van der Waals surface area contributed by atoms with Crippen LogP contribution >= 0.6 is 0 Å². The largest absolute Gasteiger partial charge is 0.478 e. The van der Waals surface area contributed by atoms with Gasteiger partial charge in [0.05, 0.1) is 4.90 Å². The van der Waals surface area contributed by atoms with Crippen molar-refractivity contribution in [2.75, 3.05) is 6.54 Å². The SMILES string of the molecule is Cc1ccc(S(=O)(=O)N[C@@H](Cc2ccc(Oc3ccccc3C(=O)O)cc2)C(=O)OC(=O)[C@@H]2CCCN2)cc1. The first-order valence-electron chi connectivity index (χ1n) is 12.3. The van der Waals surface area contributed by atoms with Crippen LogP contribution in [0.1, 0.15) is 34.3 Å². The van der Waals surface area contributed by atoms with Crippen LogP contribution in [-0.4, -0.2) is 50.1 Å². The third-order valence-corrected chi connectivity index (χ3v) is 7.66. The Balaban J connectivity index is 1.52. The van der Waals surface area contributed by atoms with Crippen LogP contribution in [0.5, 0.6) is 11.5 Å². The molecule has 1 heterocycles. The number of aryl methyl sites for hydroxylation is 1. The average molecular weight is 553 g/mol. The first kappa shape index (κ1) is 28.0. The van der Waals surface area contributed by atoms with Gasteiger partial charge in [-0.2, -0.15) is 4.72 Å². The Bertz CT molecular complexity index is 1450. The van der Waals surface area contributed by atoms with Crippen molar-refractivity contribution in [1.29, 1.82) is 0 Å². The van der Waals surface area contributed by atoms with Crippen molar-refractivity contribution in [2.24, 2.45) is 0 Å². The van der Waals surface area contributed by atoms with Gasteiger partial charge in [0, 0.05) is 0 Å². The van der Waals surface area contributed by atoms with Crippen LogP contribution in [0.15, 0.2) is 77.7 Å². The number of aromatic carboxylic acids is 1. The third kappa shape index (κ3) is 7.29. The molecule has 0 aliphatic carbocycles. The van der Waals surface area contributed by atoms with Crippen molar-refractivity contribution in [3.63, 3.8) is 0 Å². The Morgan fingerprint density at radius 2 is 1.72 bits per heavy atom. The Morgan fingerprint density at radius 1 is 1.03 bits per heavy atom. The Labute approximate surface area is 226 Å². The molecule has 0 radical (unpaired) electrons. The number of carboxylic acid groups (broad SMARTS) is 1. The maximum Gasteiger partial charge on any atom is 0.339 e. The molecule has 1 saturated heterocycles. The second-order valence-corrected chi connectivity index (χ2v) is 10.8. The maximum atomic E-state index is 13.1. The lowest BCUT2D eigenvalue weighted by molar-refractivity contribution is -0.162. The van der Waals surface area contributed by atoms with E-state index >= 15 is 0 Å². The summed E-state index contributed by atoms with van der Waals surface area (Å²) in [6.45, 7) is 2.45. The number of esters is 2. The molecule has 3 N–H and O–H groups in total. The Kier molecular flexibility index (Phi) is 8.75. The molecule has 0 spiro atoms. The van der Waals surface area contributed by atoms with Crippen LogP contribution < -0.4 is 14.8 Å². The number of sulfonamides is 1. The number of carbonyl (C=O) groups is 3. The van der Waals surface area contributed by atoms with Crippen LogP contribution in [-0.2, 0) is 30.8 Å². The molecule has 0 amide bonds. The molecule has 3 aromatic rings. The molecule has 0 saturated carbocycles. The van der Waals surface area contributed by atoms with Gasteiger partial charge in [-0.25, -0.2) is 22.8 Å². The first-order valence-corrected chi connectivity index (χ1v) is 13.8. The van der Waals surface area contributed by atoms with Gasteiger partial charge in [-0.3, -0.25) is 0 Å². The molecule has 1 aliphatic heterocycles. The van der Waals surface area contributed by atoms with Gasteiger partial charge in [-0.15, -0.1) is 0 Å². The highest BCUT2D eigenvalue weighted by Gasteiger charge is 2.32. The third-order valence-electron chi connectivity index (χ3n) is 6.17. The highest BCUT2D eigenvalue weighted by atomic mass is 32.2. The first-order chi connectivity index (χ1) is 18.6. The zero-order chi connectivity index (χ0) is 28.0. The summed E-state index contributed by atoms with van der Waals surface area (Å²) in [6, 6.07) is 16.7. The van der Waals surface area contributed by atoms with E-state index in [4.69, 9.17) is 9.47 Å². The predicted octanol–water partition coefficient (Wildman–Crippen LogP) is 3.20. The summed E-state index contributed by atoms with van der Waals surface area (Å²) in [5.41, 5.74) is 1.41. The minimum atomic E-state index is -4.12. The molecular formula is C28H28N2O8S. The van der Waals surface area contributed by atoms with Gasteiger partial charge >= 0.3 is 17.9 Å². The molecule has 204 valence electrons. The monoisotopic (exact) mass is 552 g/mol. The van der Waals surface area contributed by atoms with E-state index in [0.29, 0.717) is 24.3 Å². The number of hydrogen-bond acceptors (Lipinski definition) is 8. The van der Waals surface area contributed by atoms with Crippen molar-refractivity contribution < 1.29 is 37.4 Å². The van der Waals surface area contributed by atoms with Crippen LogP contribution in [0.4, 0.5) is 0 Å². The van der Waals surface area contributed by atoms with E-state index in [2.05, 4.69) is 10.0 Å². The fourth-order valence-corrected chi connectivity index (χ4v) is 5.25. The molecule has 2 atom stereocenters. The number of nitrogens with one attached hydrogen (secondary N) is 2. The van der Waals surface area contributed by atoms with Crippen LogP contribution in [0.25, 0.3) is 0 Å². The topological polar surface area (TPSA) is 148 Å². The summed E-state index contributed by atoms with van der Waals surface area (Å²) >= 11 is 0. The van der Waals surface area contributed by atoms with Gasteiger partial charge in [0.1, 0.15) is 29.1 Å². The molecule has 10 nitrogen and oxygen atoms in total. The van der Waals surface area contributed by atoms with E-state index in [1.165, 1.54) is 24.3 Å². The van der Waals surface area contributed by atoms with Crippen molar-refractivity contribution in [3.05, 3.63) is 89.5 Å². The highest BCUT2D eigenvalue weighted by molar-refractivity contribution is 7.89. The van der Waals surface area contributed by atoms with Gasteiger partial charge in [-0.05, 0) is 74.7 Å². The standard InChI is InChI=1S/C28H28N2O8S/c1-18-8-14-21(15-9-18)39(35,36)30-24(28(34)38-27(33)23-6-4-16-29-23)17-19-10-12-20(13-11-19)37-25-7-3-2-5-22(25)26(31)32/h2-3,5,7-15,23-24,29-30H,4,6,16-17H2,1H3,(H,31,32)/t23-,24-/m0/s1. The van der Waals surface area contributed by atoms with Gasteiger partial charge in [0.25, 0.3) is 0 Å². The van der Waals surface area contributed by atoms with Crippen molar-refractivity contribution >= 4 is 27.9 Å². The fraction of sp³-hybridized carbons (Fsp3) is 0.250. The van der Waals surface area contributed by atoms with Gasteiger partial charge in [-0.1, -0.05) is 42.0 Å². The minimum Gasteiger partial charge on any atom is -0.478 e. The van der Waals surface area contributed by atoms with E-state index in [-0.39, 0.29) is 22.6 Å². The van der Waals surface area contributed by atoms with Gasteiger partial charge < -0.3 is 19.9 Å². The quantitative estimate of drug-likeness (QED) is 0.255. The number of ether oxygens (including phenoxy) is 2. The van der Waals surface area contributed by atoms with Gasteiger partial charge in [0.2, 0.25) is 10.0 Å². The molecule has 0 unspecified atom stereocenters. The van der Waals surface area contributed by atoms with Crippen molar-refractivity contribution in [1.82, 2.24) is 10.0 Å². The smallest absolute Gasteiger partial charge is 0.339 e. The number of carboxylic acids is 1. The number of benzene rings is 3. The molecule has 0 aromatic heterocycles. The number of carbonyl (C=O) groups excluding carboxylic acids is 2. The lowest BCUT2D eigenvalue weighted by Crippen LogP contribution is -2.45. The van der Waals surface area contributed by atoms with Crippen LogP contribution in [0.2, 0.25) is 0 Å². The van der Waals surface area contributed by atoms with Crippen LogP contribution in [0, 0.1) is 6.92 Å². The molecule has 1 fully saturated rings. The second kappa shape index (κ2) is 12.2. The summed E-state index contributed by atoms with van der Waals surface area (Å²) in [5, 5.41) is 12.3. The lowest BCUT2D eigenvalue weighted by atomic mass is 10.1. The zero-order valence-electron chi connectivity index (χ0n) is 21.1. The summed E-state index contributed by atoms with van der Waals surface area (Å²) in [6.07, 6.45) is 1.18. The number of rotatable bonds is 10. The molecule has 0 bridgehead atoms. The normalized spacial score (nSPS) is 15.9. The number of para-hydroxylation sites is 1. The number of hydrogen-bond donors (Lipinski definition) is 3. The molecule has 39 heavy (non-hydrogen) atoms. The van der Waals surface area contributed by atoms with E-state index in [1.807, 2.05) is 6.92 Å². The summed E-state index contributed by atoms with van der Waals surface area (Å²) in [5.74, 6) is -2.40. The summed E-state index contributed by atoms with van der Waals surface area (Å²) < 4.78 is 39.2. The molecule has 4 rings (SSSR count). The summed E-state index contributed by atoms with van der Waals surface area (Å²) in [4.78, 5) is 36.9. The molecule has 3 aromatic carbocycles. The zero-order valence-corrected chi connectivity index (χ0v) is 21.9. The average Bonchev–Trinajstić information content (AvgIpc) is 3.45. The maximum absolute atomic E-state index is 13.1. The molecule has 11 heteroatoms. The molecule has 1 aliphatic rings. The van der Waals surface area contributed by atoms with E-state index in [9.17, 15) is 27.9 Å². The minimum absolute atomic E-state index is 0.00341. The Hall–Kier alpha value is -4.06. The summed E-state index contributed by atoms with van der Waals surface area (Å²) in [7, 11) is -4.12. The Morgan fingerprint density at radius 3 is 2.36 bits per heavy atom. The fourth-order valence-electron chi connectivity index (χ4n) is 4.06. The van der Waals surface area contributed by atoms with Crippen molar-refractivity contribution in [3.8, 4) is 11.5 Å². The lowest BCUT2D eigenvalue weighted by Gasteiger charge is -2.19. The van der Waals surface area contributed by atoms with Crippen molar-refractivity contribution in [2.45, 2.75) is 43.2 Å². The van der Waals surface area contributed by atoms with Crippen LogP contribution in [0.3, 0.4) is 0 Å². The second-order valence-electron chi connectivity index (χ2n) is 9.13. The van der Waals surface area contributed by atoms with E-state index in [0.717, 1.165) is 12.0 Å². The van der Waals surface area contributed by atoms with E-state index in [1.54, 1.807) is 48.5 Å². The van der Waals surface area contributed by atoms with Gasteiger partial charge in [0.15, 0.2) is 0 Å². The molecular weight excluding hydrogens is 524 g/mol. The highest BCUT2D eigenvalue weighted by Crippen LogP contribution is 2.26. The van der Waals surface area contributed by atoms with E-state index < -0.39 is 40.0 Å². The predicted molar refractivity (Wildman–Crippen MR) is 141 cm³/mol.